The Morgan fingerprint density at radius 1 is 0.475 bits per heavy atom. The Morgan fingerprint density at radius 2 is 1.10 bits per heavy atom. The van der Waals surface area contributed by atoms with Crippen LogP contribution in [0.1, 0.15) is 33.1 Å². The molecule has 0 amide bonds. The molecule has 8 rings (SSSR count). The van der Waals surface area contributed by atoms with Gasteiger partial charge in [0.2, 0.25) is 0 Å². The molecule has 1 aliphatic rings. The highest BCUT2D eigenvalue weighted by Gasteiger charge is 2.36. The third-order valence-corrected chi connectivity index (χ3v) is 8.23. The summed E-state index contributed by atoms with van der Waals surface area (Å²) in [5, 5.41) is 1.94. The maximum Gasteiger partial charge on any atom is 0.0544 e. The minimum Gasteiger partial charge on any atom is -0.309 e. The smallest absolute Gasteiger partial charge is 0.0544 e. The SMILES string of the molecule is [2H]C([2H])([2H])C1(C([2H])([2H])[2H])c2ccccc2-c2cc3c4ccccc4n(-c4cc(-c5ccccc5)cc(-c5ccccc5)c4)c3cc21. The van der Waals surface area contributed by atoms with Crippen molar-refractivity contribution in [2.24, 2.45) is 0 Å². The van der Waals surface area contributed by atoms with Crippen molar-refractivity contribution in [3.05, 3.63) is 151 Å². The standard InChI is InChI=1S/C39H29N/c1-39(2)35-19-11-9-17-31(35)33-24-34-32-18-10-12-20-37(32)40(38(34)25-36(33)39)30-22-28(26-13-5-3-6-14-26)21-29(23-30)27-15-7-4-8-16-27/h3-25H,1-2H3/i1D3,2D3. The highest BCUT2D eigenvalue weighted by molar-refractivity contribution is 6.11. The number of rotatable bonds is 3. The summed E-state index contributed by atoms with van der Waals surface area (Å²) < 4.78 is 54.6. The first-order valence-corrected chi connectivity index (χ1v) is 13.5. The fourth-order valence-electron chi connectivity index (χ4n) is 6.35. The summed E-state index contributed by atoms with van der Waals surface area (Å²) in [5.74, 6) is 0. The zero-order valence-corrected chi connectivity index (χ0v) is 21.7. The van der Waals surface area contributed by atoms with E-state index in [9.17, 15) is 0 Å². The van der Waals surface area contributed by atoms with Crippen LogP contribution in [0.5, 0.6) is 0 Å². The number of benzene rings is 6. The van der Waals surface area contributed by atoms with Gasteiger partial charge in [0.05, 0.1) is 11.0 Å². The van der Waals surface area contributed by atoms with Gasteiger partial charge < -0.3 is 4.57 Å². The molecule has 0 unspecified atom stereocenters. The molecule has 190 valence electrons. The van der Waals surface area contributed by atoms with E-state index in [1.54, 1.807) is 12.1 Å². The van der Waals surface area contributed by atoms with E-state index in [0.29, 0.717) is 22.3 Å². The van der Waals surface area contributed by atoms with E-state index < -0.39 is 19.1 Å². The van der Waals surface area contributed by atoms with Crippen LogP contribution < -0.4 is 0 Å². The maximum atomic E-state index is 8.74. The molecular formula is C39H29N. The van der Waals surface area contributed by atoms with Crippen LogP contribution in [0, 0.1) is 0 Å². The Hall–Kier alpha value is -4.88. The number of fused-ring (bicyclic) bond motifs is 6. The first kappa shape index (κ1) is 17.7. The largest absolute Gasteiger partial charge is 0.309 e. The van der Waals surface area contributed by atoms with Crippen molar-refractivity contribution >= 4 is 21.8 Å². The van der Waals surface area contributed by atoms with Crippen molar-refractivity contribution in [2.75, 3.05) is 0 Å². The molecule has 1 heterocycles. The average molecular weight is 518 g/mol. The third-order valence-electron chi connectivity index (χ3n) is 8.23. The zero-order valence-electron chi connectivity index (χ0n) is 27.7. The molecule has 7 aromatic rings. The van der Waals surface area contributed by atoms with Crippen LogP contribution in [0.4, 0.5) is 0 Å². The van der Waals surface area contributed by atoms with Crippen LogP contribution in [-0.2, 0) is 5.41 Å². The van der Waals surface area contributed by atoms with Crippen molar-refractivity contribution in [3.63, 3.8) is 0 Å². The van der Waals surface area contributed by atoms with E-state index in [-0.39, 0.29) is 0 Å². The van der Waals surface area contributed by atoms with Gasteiger partial charge in [-0.15, -0.1) is 0 Å². The summed E-state index contributed by atoms with van der Waals surface area (Å²) in [5.41, 5.74) is 6.59. The molecule has 0 N–H and O–H groups in total. The molecule has 0 spiro atoms. The minimum atomic E-state index is -2.84. The van der Waals surface area contributed by atoms with Gasteiger partial charge in [-0.1, -0.05) is 117 Å². The van der Waals surface area contributed by atoms with Gasteiger partial charge in [-0.2, -0.15) is 0 Å². The molecule has 1 nitrogen and oxygen atoms in total. The topological polar surface area (TPSA) is 4.93 Å². The van der Waals surface area contributed by atoms with Gasteiger partial charge >= 0.3 is 0 Å². The van der Waals surface area contributed by atoms with Gasteiger partial charge in [-0.25, -0.2) is 0 Å². The van der Waals surface area contributed by atoms with Crippen LogP contribution in [0.25, 0.3) is 60.9 Å². The van der Waals surface area contributed by atoms with Crippen molar-refractivity contribution in [1.82, 2.24) is 4.57 Å². The van der Waals surface area contributed by atoms with Gasteiger partial charge in [-0.05, 0) is 80.9 Å². The number of hydrogen-bond acceptors (Lipinski definition) is 0. The monoisotopic (exact) mass is 517 g/mol. The Kier molecular flexibility index (Phi) is 3.78. The summed E-state index contributed by atoms with van der Waals surface area (Å²) in [6, 6.07) is 46.0. The lowest BCUT2D eigenvalue weighted by Crippen LogP contribution is -2.14. The average Bonchev–Trinajstić information content (AvgIpc) is 3.54. The van der Waals surface area contributed by atoms with E-state index in [0.717, 1.165) is 49.7 Å². The molecule has 0 radical (unpaired) electrons. The second-order valence-electron chi connectivity index (χ2n) is 10.6. The van der Waals surface area contributed by atoms with E-state index in [4.69, 9.17) is 8.22 Å². The van der Waals surface area contributed by atoms with Gasteiger partial charge in [0.15, 0.2) is 0 Å². The normalized spacial score (nSPS) is 16.3. The minimum absolute atomic E-state index is 0.313. The molecule has 1 aliphatic carbocycles. The third kappa shape index (κ3) is 3.34. The van der Waals surface area contributed by atoms with Crippen LogP contribution in [0.15, 0.2) is 140 Å². The summed E-state index contributed by atoms with van der Waals surface area (Å²) in [6.45, 7) is -5.67. The zero-order chi connectivity index (χ0) is 31.8. The lowest BCUT2D eigenvalue weighted by atomic mass is 9.82. The van der Waals surface area contributed by atoms with E-state index >= 15 is 0 Å². The Morgan fingerprint density at radius 3 is 1.80 bits per heavy atom. The summed E-state index contributed by atoms with van der Waals surface area (Å²) in [6.07, 6.45) is 0. The van der Waals surface area contributed by atoms with Crippen molar-refractivity contribution < 1.29 is 8.22 Å². The maximum absolute atomic E-state index is 8.74. The van der Waals surface area contributed by atoms with E-state index in [1.807, 2.05) is 72.8 Å². The number of nitrogens with zero attached hydrogens (tertiary/aromatic N) is 1. The van der Waals surface area contributed by atoms with Gasteiger partial charge in [0, 0.05) is 30.1 Å². The van der Waals surface area contributed by atoms with Crippen molar-refractivity contribution in [1.29, 1.82) is 0 Å². The molecule has 40 heavy (non-hydrogen) atoms. The lowest BCUT2D eigenvalue weighted by Gasteiger charge is -2.22. The first-order chi connectivity index (χ1) is 22.1. The number of aromatic nitrogens is 1. The van der Waals surface area contributed by atoms with E-state index in [1.165, 1.54) is 0 Å². The number of para-hydroxylation sites is 1. The highest BCUT2D eigenvalue weighted by Crippen LogP contribution is 2.51. The van der Waals surface area contributed by atoms with Crippen molar-refractivity contribution in [3.8, 4) is 39.1 Å². The van der Waals surface area contributed by atoms with E-state index in [2.05, 4.69) is 59.2 Å². The first-order valence-electron chi connectivity index (χ1n) is 16.5. The Bertz CT molecular complexity index is 2210. The second-order valence-corrected chi connectivity index (χ2v) is 10.6. The molecule has 6 aromatic carbocycles. The molecular weight excluding hydrogens is 482 g/mol. The Balaban J connectivity index is 1.50. The van der Waals surface area contributed by atoms with Crippen molar-refractivity contribution in [2.45, 2.75) is 19.1 Å². The lowest BCUT2D eigenvalue weighted by molar-refractivity contribution is 0.661. The van der Waals surface area contributed by atoms with Crippen LogP contribution >= 0.6 is 0 Å². The highest BCUT2D eigenvalue weighted by atomic mass is 15.0. The Labute approximate surface area is 243 Å². The van der Waals surface area contributed by atoms with Gasteiger partial charge in [0.25, 0.3) is 0 Å². The van der Waals surface area contributed by atoms with Crippen LogP contribution in [0.2, 0.25) is 0 Å². The predicted octanol–water partition coefficient (Wildman–Crippen LogP) is 10.4. The molecule has 0 saturated carbocycles. The molecule has 0 aliphatic heterocycles. The van der Waals surface area contributed by atoms with Gasteiger partial charge in [0.1, 0.15) is 0 Å². The fourth-order valence-corrected chi connectivity index (χ4v) is 6.35. The molecule has 1 heteroatoms. The summed E-state index contributed by atoms with van der Waals surface area (Å²) >= 11 is 0. The summed E-state index contributed by atoms with van der Waals surface area (Å²) in [4.78, 5) is 0. The molecule has 0 saturated heterocycles. The molecule has 0 bridgehead atoms. The molecule has 1 aromatic heterocycles. The second kappa shape index (κ2) is 8.56. The summed E-state index contributed by atoms with van der Waals surface area (Å²) in [7, 11) is 0. The fraction of sp³-hybridized carbons (Fsp3) is 0.0769. The van der Waals surface area contributed by atoms with Crippen LogP contribution in [0.3, 0.4) is 0 Å². The van der Waals surface area contributed by atoms with Gasteiger partial charge in [-0.3, -0.25) is 0 Å². The van der Waals surface area contributed by atoms with Crippen LogP contribution in [-0.4, -0.2) is 4.57 Å². The number of hydrogen-bond donors (Lipinski definition) is 0. The molecule has 0 atom stereocenters. The molecule has 0 fully saturated rings. The quantitative estimate of drug-likeness (QED) is 0.220. The predicted molar refractivity (Wildman–Crippen MR) is 169 cm³/mol.